The number of aromatic nitrogens is 3. The number of rotatable bonds is 4. The Morgan fingerprint density at radius 3 is 2.80 bits per heavy atom. The number of nitrogen functional groups attached to an aromatic ring is 1. The molecule has 108 valence electrons. The minimum absolute atomic E-state index is 0.0307. The fourth-order valence-electron chi connectivity index (χ4n) is 2.19. The lowest BCUT2D eigenvalue weighted by molar-refractivity contribution is 0.370. The maximum atomic E-state index is 5.93. The molecule has 0 spiro atoms. The molecule has 5 nitrogen and oxygen atoms in total. The molecule has 0 aliphatic carbocycles. The molecular weight excluding hydrogens is 365 g/mol. The van der Waals surface area contributed by atoms with E-state index in [1.165, 1.54) is 6.33 Å². The van der Waals surface area contributed by atoms with Crippen molar-refractivity contribution in [1.29, 1.82) is 0 Å². The van der Waals surface area contributed by atoms with Crippen LogP contribution in [0.2, 0.25) is 0 Å². The molecule has 0 bridgehead atoms. The monoisotopic (exact) mass is 385 g/mol. The van der Waals surface area contributed by atoms with Crippen LogP contribution in [0, 0.1) is 3.57 Å². The van der Waals surface area contributed by atoms with Gasteiger partial charge in [-0.1, -0.05) is 6.08 Å². The SMILES string of the molecule is C=C[C@@H](Cn1cc(I)c2c(N)ncnc21)NC(C)(C)C. The average Bonchev–Trinajstić information content (AvgIpc) is 2.65. The van der Waals surface area contributed by atoms with Gasteiger partial charge in [0.1, 0.15) is 17.8 Å². The lowest BCUT2D eigenvalue weighted by Crippen LogP contribution is -2.44. The Balaban J connectivity index is 2.34. The summed E-state index contributed by atoms with van der Waals surface area (Å²) < 4.78 is 3.16. The van der Waals surface area contributed by atoms with Crippen molar-refractivity contribution in [2.75, 3.05) is 5.73 Å². The highest BCUT2D eigenvalue weighted by Crippen LogP contribution is 2.25. The summed E-state index contributed by atoms with van der Waals surface area (Å²) in [5, 5.41) is 4.45. The summed E-state index contributed by atoms with van der Waals surface area (Å²) in [6.45, 7) is 11.1. The standard InChI is InChI=1S/C14H20IN5/c1-5-9(19-14(2,3)4)6-20-7-10(15)11-12(16)17-8-18-13(11)20/h5,7-9,19H,1,6H2,2-4H3,(H2,16,17,18)/t9-/m0/s1. The third kappa shape index (κ3) is 3.29. The molecule has 0 radical (unpaired) electrons. The van der Waals surface area contributed by atoms with Crippen LogP contribution in [0.3, 0.4) is 0 Å². The van der Waals surface area contributed by atoms with Crippen LogP contribution in [-0.4, -0.2) is 26.1 Å². The van der Waals surface area contributed by atoms with Gasteiger partial charge >= 0.3 is 0 Å². The highest BCUT2D eigenvalue weighted by atomic mass is 127. The Kier molecular flexibility index (Phi) is 4.33. The Morgan fingerprint density at radius 2 is 2.20 bits per heavy atom. The van der Waals surface area contributed by atoms with Crippen molar-refractivity contribution in [2.24, 2.45) is 0 Å². The molecule has 0 saturated heterocycles. The van der Waals surface area contributed by atoms with E-state index in [0.29, 0.717) is 5.82 Å². The van der Waals surface area contributed by atoms with E-state index in [0.717, 1.165) is 21.1 Å². The first kappa shape index (κ1) is 15.2. The van der Waals surface area contributed by atoms with E-state index in [4.69, 9.17) is 5.73 Å². The zero-order valence-electron chi connectivity index (χ0n) is 12.0. The molecule has 0 aromatic carbocycles. The maximum absolute atomic E-state index is 5.93. The number of nitrogens with two attached hydrogens (primary N) is 1. The summed E-state index contributed by atoms with van der Waals surface area (Å²) in [6.07, 6.45) is 5.48. The van der Waals surface area contributed by atoms with Crippen LogP contribution >= 0.6 is 22.6 Å². The van der Waals surface area contributed by atoms with Gasteiger partial charge in [-0.25, -0.2) is 9.97 Å². The zero-order chi connectivity index (χ0) is 14.9. The van der Waals surface area contributed by atoms with Crippen molar-refractivity contribution < 1.29 is 0 Å². The van der Waals surface area contributed by atoms with Crippen LogP contribution in [0.1, 0.15) is 20.8 Å². The van der Waals surface area contributed by atoms with Gasteiger partial charge in [-0.15, -0.1) is 6.58 Å². The third-order valence-electron chi connectivity index (χ3n) is 2.93. The minimum atomic E-state index is 0.0307. The molecule has 2 aromatic rings. The van der Waals surface area contributed by atoms with Gasteiger partial charge < -0.3 is 15.6 Å². The van der Waals surface area contributed by atoms with Gasteiger partial charge in [0.2, 0.25) is 0 Å². The summed E-state index contributed by atoms with van der Waals surface area (Å²) in [5.74, 6) is 0.525. The van der Waals surface area contributed by atoms with Crippen molar-refractivity contribution in [1.82, 2.24) is 19.9 Å². The van der Waals surface area contributed by atoms with Crippen LogP contribution in [0.25, 0.3) is 11.0 Å². The molecule has 0 unspecified atom stereocenters. The lowest BCUT2D eigenvalue weighted by atomic mass is 10.1. The highest BCUT2D eigenvalue weighted by molar-refractivity contribution is 14.1. The Hall–Kier alpha value is -1.15. The van der Waals surface area contributed by atoms with E-state index in [1.807, 2.05) is 6.08 Å². The maximum Gasteiger partial charge on any atom is 0.146 e. The molecular formula is C14H20IN5. The summed E-state index contributed by atoms with van der Waals surface area (Å²) >= 11 is 2.26. The molecule has 0 aliphatic heterocycles. The number of hydrogen-bond acceptors (Lipinski definition) is 4. The summed E-state index contributed by atoms with van der Waals surface area (Å²) in [4.78, 5) is 8.40. The molecule has 0 amide bonds. The second kappa shape index (κ2) is 5.69. The van der Waals surface area contributed by atoms with E-state index in [1.54, 1.807) is 0 Å². The quantitative estimate of drug-likeness (QED) is 0.627. The smallest absolute Gasteiger partial charge is 0.146 e. The predicted octanol–water partition coefficient (Wildman–Crippen LogP) is 2.56. The topological polar surface area (TPSA) is 68.8 Å². The van der Waals surface area contributed by atoms with Gasteiger partial charge in [-0.2, -0.15) is 0 Å². The first-order valence-corrected chi connectivity index (χ1v) is 7.55. The summed E-state index contributed by atoms with van der Waals surface area (Å²) in [6, 6.07) is 0.164. The number of anilines is 1. The fraction of sp³-hybridized carbons (Fsp3) is 0.429. The lowest BCUT2D eigenvalue weighted by Gasteiger charge is -2.27. The normalized spacial score (nSPS) is 13.6. The zero-order valence-corrected chi connectivity index (χ0v) is 14.2. The van der Waals surface area contributed by atoms with Crippen LogP contribution < -0.4 is 11.1 Å². The Bertz CT molecular complexity index is 626. The predicted molar refractivity (Wildman–Crippen MR) is 91.5 cm³/mol. The molecule has 2 rings (SSSR count). The van der Waals surface area contributed by atoms with Crippen molar-refractivity contribution in [3.63, 3.8) is 0 Å². The summed E-state index contributed by atoms with van der Waals surface area (Å²) in [7, 11) is 0. The van der Waals surface area contributed by atoms with Crippen LogP contribution in [0.4, 0.5) is 5.82 Å². The van der Waals surface area contributed by atoms with Crippen LogP contribution in [0.15, 0.2) is 25.2 Å². The molecule has 6 heteroatoms. The molecule has 3 N–H and O–H groups in total. The number of hydrogen-bond donors (Lipinski definition) is 2. The number of nitrogens with one attached hydrogen (secondary N) is 1. The van der Waals surface area contributed by atoms with Gasteiger partial charge in [-0.05, 0) is 43.4 Å². The first-order valence-electron chi connectivity index (χ1n) is 6.47. The highest BCUT2D eigenvalue weighted by Gasteiger charge is 2.18. The van der Waals surface area contributed by atoms with E-state index in [9.17, 15) is 0 Å². The fourth-order valence-corrected chi connectivity index (χ4v) is 3.04. The molecule has 20 heavy (non-hydrogen) atoms. The Morgan fingerprint density at radius 1 is 1.50 bits per heavy atom. The van der Waals surface area contributed by atoms with Crippen molar-refractivity contribution in [3.05, 3.63) is 28.7 Å². The van der Waals surface area contributed by atoms with Gasteiger partial charge in [0.25, 0.3) is 0 Å². The molecule has 2 heterocycles. The van der Waals surface area contributed by atoms with Gasteiger partial charge in [0.15, 0.2) is 0 Å². The van der Waals surface area contributed by atoms with E-state index >= 15 is 0 Å². The molecule has 0 fully saturated rings. The molecule has 0 saturated carbocycles. The largest absolute Gasteiger partial charge is 0.383 e. The molecule has 0 aliphatic rings. The van der Waals surface area contributed by atoms with Gasteiger partial charge in [-0.3, -0.25) is 0 Å². The number of fused-ring (bicyclic) bond motifs is 1. The van der Waals surface area contributed by atoms with Crippen molar-refractivity contribution in [3.8, 4) is 0 Å². The van der Waals surface area contributed by atoms with Crippen LogP contribution in [0.5, 0.6) is 0 Å². The molecule has 1 atom stereocenters. The van der Waals surface area contributed by atoms with Gasteiger partial charge in [0.05, 0.1) is 5.39 Å². The van der Waals surface area contributed by atoms with E-state index in [2.05, 4.69) is 76.0 Å². The summed E-state index contributed by atoms with van der Waals surface area (Å²) in [5.41, 5.74) is 6.83. The Labute approximate surface area is 132 Å². The average molecular weight is 385 g/mol. The number of halogens is 1. The van der Waals surface area contributed by atoms with E-state index < -0.39 is 0 Å². The van der Waals surface area contributed by atoms with E-state index in [-0.39, 0.29) is 11.6 Å². The van der Waals surface area contributed by atoms with Crippen LogP contribution in [-0.2, 0) is 6.54 Å². The van der Waals surface area contributed by atoms with Crippen molar-refractivity contribution >= 4 is 39.4 Å². The first-order chi connectivity index (χ1) is 9.31. The number of nitrogens with zero attached hydrogens (tertiary/aromatic N) is 3. The second-order valence-corrected chi connectivity index (χ2v) is 6.99. The van der Waals surface area contributed by atoms with Crippen molar-refractivity contribution in [2.45, 2.75) is 38.9 Å². The minimum Gasteiger partial charge on any atom is -0.383 e. The van der Waals surface area contributed by atoms with Gasteiger partial charge in [0, 0.05) is 27.9 Å². The second-order valence-electron chi connectivity index (χ2n) is 5.82. The molecule has 2 aromatic heterocycles. The third-order valence-corrected chi connectivity index (χ3v) is 3.75.